The van der Waals surface area contributed by atoms with Gasteiger partial charge in [-0.1, -0.05) is 6.07 Å². The van der Waals surface area contributed by atoms with Crippen molar-refractivity contribution in [2.75, 3.05) is 6.61 Å². The number of nitrogens with zero attached hydrogens (tertiary/aromatic N) is 1. The van der Waals surface area contributed by atoms with Crippen molar-refractivity contribution < 1.29 is 9.47 Å². The molecule has 0 spiro atoms. The van der Waals surface area contributed by atoms with Gasteiger partial charge in [-0.2, -0.15) is 5.26 Å². The molecule has 1 heterocycles. The summed E-state index contributed by atoms with van der Waals surface area (Å²) in [5, 5.41) is 8.77. The van der Waals surface area contributed by atoms with Gasteiger partial charge in [-0.3, -0.25) is 0 Å². The zero-order valence-electron chi connectivity index (χ0n) is 7.28. The molecule has 0 saturated heterocycles. The van der Waals surface area contributed by atoms with Crippen LogP contribution in [-0.4, -0.2) is 12.7 Å². The first-order chi connectivity index (χ1) is 6.31. The standard InChI is InChI=1S/C10H9NO2/c1-7-6-12-10-8(5-11)3-2-4-9(10)13-7/h2-4,7H,6H2,1H3. The first-order valence-electron chi connectivity index (χ1n) is 4.14. The third-order valence-corrected chi connectivity index (χ3v) is 1.89. The summed E-state index contributed by atoms with van der Waals surface area (Å²) in [5.74, 6) is 1.24. The Labute approximate surface area is 76.5 Å². The Hall–Kier alpha value is -1.69. The highest BCUT2D eigenvalue weighted by Crippen LogP contribution is 2.34. The predicted molar refractivity (Wildman–Crippen MR) is 46.7 cm³/mol. The highest BCUT2D eigenvalue weighted by Gasteiger charge is 2.19. The normalized spacial score (nSPS) is 19.2. The van der Waals surface area contributed by atoms with Crippen LogP contribution in [0.4, 0.5) is 0 Å². The van der Waals surface area contributed by atoms with E-state index in [4.69, 9.17) is 14.7 Å². The molecular formula is C10H9NO2. The number of fused-ring (bicyclic) bond motifs is 1. The SMILES string of the molecule is CC1COc2c(C#N)cccc2O1. The largest absolute Gasteiger partial charge is 0.484 e. The van der Waals surface area contributed by atoms with Crippen LogP contribution < -0.4 is 9.47 Å². The number of nitriles is 1. The maximum Gasteiger partial charge on any atom is 0.179 e. The molecule has 1 aliphatic heterocycles. The molecule has 1 aromatic rings. The van der Waals surface area contributed by atoms with Crippen LogP contribution in [-0.2, 0) is 0 Å². The third kappa shape index (κ3) is 1.31. The van der Waals surface area contributed by atoms with Crippen LogP contribution in [0, 0.1) is 11.3 Å². The minimum Gasteiger partial charge on any atom is -0.484 e. The van der Waals surface area contributed by atoms with E-state index in [1.54, 1.807) is 12.1 Å². The summed E-state index contributed by atoms with van der Waals surface area (Å²) in [7, 11) is 0. The van der Waals surface area contributed by atoms with Crippen LogP contribution >= 0.6 is 0 Å². The van der Waals surface area contributed by atoms with Crippen molar-refractivity contribution in [1.82, 2.24) is 0 Å². The summed E-state index contributed by atoms with van der Waals surface area (Å²) < 4.78 is 10.9. The van der Waals surface area contributed by atoms with E-state index < -0.39 is 0 Å². The molecule has 1 aliphatic rings. The van der Waals surface area contributed by atoms with Crippen LogP contribution in [0.3, 0.4) is 0 Å². The van der Waals surface area contributed by atoms with Gasteiger partial charge < -0.3 is 9.47 Å². The Morgan fingerprint density at radius 2 is 2.38 bits per heavy atom. The topological polar surface area (TPSA) is 42.2 Å². The number of benzene rings is 1. The van der Waals surface area contributed by atoms with Gasteiger partial charge in [-0.15, -0.1) is 0 Å². The number of hydrogen-bond donors (Lipinski definition) is 0. The summed E-state index contributed by atoms with van der Waals surface area (Å²) in [6, 6.07) is 7.39. The fourth-order valence-electron chi connectivity index (χ4n) is 1.30. The average Bonchev–Trinajstić information content (AvgIpc) is 2.16. The Morgan fingerprint density at radius 1 is 1.54 bits per heavy atom. The fourth-order valence-corrected chi connectivity index (χ4v) is 1.30. The smallest absolute Gasteiger partial charge is 0.179 e. The lowest BCUT2D eigenvalue weighted by Gasteiger charge is -2.24. The van der Waals surface area contributed by atoms with E-state index in [1.165, 1.54) is 0 Å². The highest BCUT2D eigenvalue weighted by molar-refractivity contribution is 5.53. The van der Waals surface area contributed by atoms with E-state index in [9.17, 15) is 0 Å². The molecule has 66 valence electrons. The summed E-state index contributed by atoms with van der Waals surface area (Å²) in [5.41, 5.74) is 0.532. The maximum atomic E-state index is 8.77. The van der Waals surface area contributed by atoms with Crippen molar-refractivity contribution in [1.29, 1.82) is 5.26 Å². The van der Waals surface area contributed by atoms with Crippen LogP contribution in [0.25, 0.3) is 0 Å². The molecule has 1 unspecified atom stereocenters. The van der Waals surface area contributed by atoms with E-state index in [1.807, 2.05) is 13.0 Å². The van der Waals surface area contributed by atoms with Crippen molar-refractivity contribution in [2.24, 2.45) is 0 Å². The molecule has 0 aliphatic carbocycles. The van der Waals surface area contributed by atoms with Gasteiger partial charge in [0.1, 0.15) is 18.8 Å². The van der Waals surface area contributed by atoms with Crippen LogP contribution in [0.5, 0.6) is 11.5 Å². The van der Waals surface area contributed by atoms with Gasteiger partial charge in [0.05, 0.1) is 5.56 Å². The maximum absolute atomic E-state index is 8.77. The predicted octanol–water partition coefficient (Wildman–Crippen LogP) is 1.72. The summed E-state index contributed by atoms with van der Waals surface area (Å²) >= 11 is 0. The van der Waals surface area contributed by atoms with Crippen LogP contribution in [0.15, 0.2) is 18.2 Å². The lowest BCUT2D eigenvalue weighted by Crippen LogP contribution is -2.26. The first kappa shape index (κ1) is 7.93. The molecule has 1 atom stereocenters. The number of ether oxygens (including phenoxy) is 2. The highest BCUT2D eigenvalue weighted by atomic mass is 16.6. The molecule has 0 bridgehead atoms. The minimum atomic E-state index is 0.0569. The summed E-state index contributed by atoms with van der Waals surface area (Å²) in [6.45, 7) is 2.44. The van der Waals surface area contributed by atoms with Gasteiger partial charge in [0.25, 0.3) is 0 Å². The van der Waals surface area contributed by atoms with Crippen LogP contribution in [0.1, 0.15) is 12.5 Å². The van der Waals surface area contributed by atoms with Gasteiger partial charge in [-0.05, 0) is 19.1 Å². The van der Waals surface area contributed by atoms with Gasteiger partial charge in [0.2, 0.25) is 0 Å². The Morgan fingerprint density at radius 3 is 3.15 bits per heavy atom. The number of hydrogen-bond acceptors (Lipinski definition) is 3. The zero-order valence-corrected chi connectivity index (χ0v) is 7.28. The molecule has 13 heavy (non-hydrogen) atoms. The van der Waals surface area contributed by atoms with E-state index in [2.05, 4.69) is 6.07 Å². The van der Waals surface area contributed by atoms with E-state index in [0.29, 0.717) is 23.7 Å². The average molecular weight is 175 g/mol. The first-order valence-corrected chi connectivity index (χ1v) is 4.14. The minimum absolute atomic E-state index is 0.0569. The molecule has 0 amide bonds. The number of para-hydroxylation sites is 1. The molecule has 3 nitrogen and oxygen atoms in total. The second-order valence-corrected chi connectivity index (χ2v) is 2.98. The van der Waals surface area contributed by atoms with E-state index in [0.717, 1.165) is 0 Å². The van der Waals surface area contributed by atoms with Gasteiger partial charge in [0, 0.05) is 0 Å². The summed E-state index contributed by atoms with van der Waals surface area (Å²) in [4.78, 5) is 0. The van der Waals surface area contributed by atoms with Crippen molar-refractivity contribution in [3.63, 3.8) is 0 Å². The lowest BCUT2D eigenvalue weighted by atomic mass is 10.2. The monoisotopic (exact) mass is 175 g/mol. The molecule has 1 aromatic carbocycles. The fraction of sp³-hybridized carbons (Fsp3) is 0.300. The quantitative estimate of drug-likeness (QED) is 0.602. The lowest BCUT2D eigenvalue weighted by molar-refractivity contribution is 0.104. The molecule has 0 saturated carbocycles. The van der Waals surface area contributed by atoms with Crippen molar-refractivity contribution in [3.8, 4) is 17.6 Å². The molecular weight excluding hydrogens is 166 g/mol. The molecule has 0 radical (unpaired) electrons. The van der Waals surface area contributed by atoms with Crippen molar-refractivity contribution >= 4 is 0 Å². The Kier molecular flexibility index (Phi) is 1.82. The Balaban J connectivity index is 2.47. The molecule has 3 heteroatoms. The van der Waals surface area contributed by atoms with Crippen LogP contribution in [0.2, 0.25) is 0 Å². The molecule has 0 aromatic heterocycles. The molecule has 0 N–H and O–H groups in total. The number of rotatable bonds is 0. The van der Waals surface area contributed by atoms with Crippen molar-refractivity contribution in [3.05, 3.63) is 23.8 Å². The van der Waals surface area contributed by atoms with E-state index in [-0.39, 0.29) is 6.10 Å². The van der Waals surface area contributed by atoms with Gasteiger partial charge in [0.15, 0.2) is 11.5 Å². The Bertz CT molecular complexity index is 368. The second kappa shape index (κ2) is 2.98. The third-order valence-electron chi connectivity index (χ3n) is 1.89. The summed E-state index contributed by atoms with van der Waals surface area (Å²) in [6.07, 6.45) is 0.0569. The van der Waals surface area contributed by atoms with Gasteiger partial charge in [-0.25, -0.2) is 0 Å². The van der Waals surface area contributed by atoms with Crippen molar-refractivity contribution in [2.45, 2.75) is 13.0 Å². The zero-order chi connectivity index (χ0) is 9.26. The molecule has 2 rings (SSSR count). The van der Waals surface area contributed by atoms with Gasteiger partial charge >= 0.3 is 0 Å². The second-order valence-electron chi connectivity index (χ2n) is 2.98. The van der Waals surface area contributed by atoms with E-state index >= 15 is 0 Å². The molecule has 0 fully saturated rings.